The maximum atomic E-state index is 3.70. The van der Waals surface area contributed by atoms with Crippen LogP contribution in [0.2, 0.25) is 0 Å². The highest BCUT2D eigenvalue weighted by Crippen LogP contribution is 2.27. The fourth-order valence-corrected chi connectivity index (χ4v) is 2.77. The molecule has 2 rings (SSSR count). The Hall–Kier alpha value is -0.500. The van der Waals surface area contributed by atoms with Crippen LogP contribution >= 0.6 is 15.9 Å². The predicted octanol–water partition coefficient (Wildman–Crippen LogP) is 4.89. The lowest BCUT2D eigenvalue weighted by atomic mass is 10.1. The Morgan fingerprint density at radius 1 is 1.12 bits per heavy atom. The van der Waals surface area contributed by atoms with Gasteiger partial charge in [0.25, 0.3) is 0 Å². The van der Waals surface area contributed by atoms with E-state index in [0.717, 1.165) is 0 Å². The normalized spacial score (nSPS) is 18.1. The van der Waals surface area contributed by atoms with E-state index in [1.54, 1.807) is 0 Å². The van der Waals surface area contributed by atoms with Crippen molar-refractivity contribution >= 4 is 21.6 Å². The number of rotatable bonds is 2. The predicted molar refractivity (Wildman–Crippen MR) is 74.0 cm³/mol. The van der Waals surface area contributed by atoms with Crippen LogP contribution in [0.15, 0.2) is 22.7 Å². The first-order chi connectivity index (χ1) is 7.77. The van der Waals surface area contributed by atoms with Crippen LogP contribution in [0.3, 0.4) is 0 Å². The van der Waals surface area contributed by atoms with Gasteiger partial charge in [0.15, 0.2) is 0 Å². The highest BCUT2D eigenvalue weighted by atomic mass is 79.9. The highest BCUT2D eigenvalue weighted by molar-refractivity contribution is 9.10. The van der Waals surface area contributed by atoms with E-state index in [-0.39, 0.29) is 0 Å². The van der Waals surface area contributed by atoms with E-state index < -0.39 is 0 Å². The maximum Gasteiger partial charge on any atom is 0.0383 e. The smallest absolute Gasteiger partial charge is 0.0383 e. The van der Waals surface area contributed by atoms with Gasteiger partial charge in [-0.1, -0.05) is 47.7 Å². The molecule has 0 saturated heterocycles. The standard InChI is InChI=1S/C14H20BrN/c1-11-13(15)9-6-10-14(11)16-12-7-4-2-3-5-8-12/h6,9-10,12,16H,2-5,7-8H2,1H3. The van der Waals surface area contributed by atoms with Crippen LogP contribution in [0.5, 0.6) is 0 Å². The summed E-state index contributed by atoms with van der Waals surface area (Å²) in [5, 5.41) is 3.70. The summed E-state index contributed by atoms with van der Waals surface area (Å²) in [6.07, 6.45) is 8.23. The molecule has 1 aromatic rings. The third-order valence-electron chi connectivity index (χ3n) is 3.48. The molecule has 1 nitrogen and oxygen atoms in total. The van der Waals surface area contributed by atoms with Crippen LogP contribution in [0.4, 0.5) is 5.69 Å². The van der Waals surface area contributed by atoms with Gasteiger partial charge in [-0.15, -0.1) is 0 Å². The molecule has 0 unspecified atom stereocenters. The lowest BCUT2D eigenvalue weighted by Gasteiger charge is -2.19. The SMILES string of the molecule is Cc1c(Br)cccc1NC1CCCCCC1. The molecule has 1 aliphatic rings. The van der Waals surface area contributed by atoms with Crippen molar-refractivity contribution < 1.29 is 0 Å². The molecule has 0 spiro atoms. The summed E-state index contributed by atoms with van der Waals surface area (Å²) in [4.78, 5) is 0. The van der Waals surface area contributed by atoms with Gasteiger partial charge < -0.3 is 5.32 Å². The second-order valence-electron chi connectivity index (χ2n) is 4.75. The third-order valence-corrected chi connectivity index (χ3v) is 4.34. The summed E-state index contributed by atoms with van der Waals surface area (Å²) in [5.41, 5.74) is 2.62. The van der Waals surface area contributed by atoms with E-state index in [4.69, 9.17) is 0 Å². The van der Waals surface area contributed by atoms with Crippen molar-refractivity contribution in [1.29, 1.82) is 0 Å². The first-order valence-electron chi connectivity index (χ1n) is 6.29. The molecule has 0 aromatic heterocycles. The Labute approximate surface area is 107 Å². The van der Waals surface area contributed by atoms with Crippen molar-refractivity contribution in [3.8, 4) is 0 Å². The van der Waals surface area contributed by atoms with Crippen molar-refractivity contribution in [2.24, 2.45) is 0 Å². The molecule has 16 heavy (non-hydrogen) atoms. The van der Waals surface area contributed by atoms with E-state index in [1.165, 1.54) is 54.2 Å². The molecule has 88 valence electrons. The number of nitrogens with one attached hydrogen (secondary N) is 1. The summed E-state index contributed by atoms with van der Waals surface area (Å²) < 4.78 is 1.20. The van der Waals surface area contributed by atoms with Crippen molar-refractivity contribution in [1.82, 2.24) is 0 Å². The van der Waals surface area contributed by atoms with E-state index in [9.17, 15) is 0 Å². The van der Waals surface area contributed by atoms with Gasteiger partial charge in [-0.05, 0) is 37.5 Å². The minimum Gasteiger partial charge on any atom is -0.382 e. The van der Waals surface area contributed by atoms with Crippen LogP contribution < -0.4 is 5.32 Å². The number of hydrogen-bond donors (Lipinski definition) is 1. The Morgan fingerprint density at radius 2 is 1.81 bits per heavy atom. The molecular formula is C14H20BrN. The second kappa shape index (κ2) is 5.72. The molecule has 0 atom stereocenters. The van der Waals surface area contributed by atoms with E-state index >= 15 is 0 Å². The summed E-state index contributed by atoms with van der Waals surface area (Å²) in [6.45, 7) is 2.17. The van der Waals surface area contributed by atoms with E-state index in [1.807, 2.05) is 0 Å². The van der Waals surface area contributed by atoms with Crippen molar-refractivity contribution in [2.75, 3.05) is 5.32 Å². The van der Waals surface area contributed by atoms with Gasteiger partial charge >= 0.3 is 0 Å². The molecule has 0 amide bonds. The average molecular weight is 282 g/mol. The van der Waals surface area contributed by atoms with Crippen LogP contribution in [0.25, 0.3) is 0 Å². The fourth-order valence-electron chi connectivity index (χ4n) is 2.41. The molecule has 0 aliphatic heterocycles. The third kappa shape index (κ3) is 3.00. The number of benzene rings is 1. The monoisotopic (exact) mass is 281 g/mol. The van der Waals surface area contributed by atoms with Gasteiger partial charge in [0.05, 0.1) is 0 Å². The van der Waals surface area contributed by atoms with Crippen molar-refractivity contribution in [3.05, 3.63) is 28.2 Å². The number of hydrogen-bond acceptors (Lipinski definition) is 1. The average Bonchev–Trinajstić information content (AvgIpc) is 2.53. The number of anilines is 1. The van der Waals surface area contributed by atoms with Gasteiger partial charge in [-0.2, -0.15) is 0 Å². The Morgan fingerprint density at radius 3 is 2.50 bits per heavy atom. The lowest BCUT2D eigenvalue weighted by molar-refractivity contribution is 0.619. The fraction of sp³-hybridized carbons (Fsp3) is 0.571. The maximum absolute atomic E-state index is 3.70. The topological polar surface area (TPSA) is 12.0 Å². The van der Waals surface area contributed by atoms with Crippen molar-refractivity contribution in [3.63, 3.8) is 0 Å². The molecule has 1 aliphatic carbocycles. The van der Waals surface area contributed by atoms with Gasteiger partial charge in [0.1, 0.15) is 0 Å². The summed E-state index contributed by atoms with van der Waals surface area (Å²) in [6, 6.07) is 7.07. The minimum absolute atomic E-state index is 0.676. The summed E-state index contributed by atoms with van der Waals surface area (Å²) in [5.74, 6) is 0. The molecule has 1 aromatic carbocycles. The Kier molecular flexibility index (Phi) is 4.28. The molecule has 0 heterocycles. The van der Waals surface area contributed by atoms with Crippen LogP contribution in [-0.4, -0.2) is 6.04 Å². The molecular weight excluding hydrogens is 262 g/mol. The zero-order chi connectivity index (χ0) is 11.4. The first-order valence-corrected chi connectivity index (χ1v) is 7.08. The lowest BCUT2D eigenvalue weighted by Crippen LogP contribution is -2.18. The summed E-state index contributed by atoms with van der Waals surface area (Å²) >= 11 is 3.59. The van der Waals surface area contributed by atoms with Crippen molar-refractivity contribution in [2.45, 2.75) is 51.5 Å². The van der Waals surface area contributed by atoms with E-state index in [0.29, 0.717) is 6.04 Å². The zero-order valence-electron chi connectivity index (χ0n) is 9.93. The van der Waals surface area contributed by atoms with Gasteiger partial charge in [0.2, 0.25) is 0 Å². The highest BCUT2D eigenvalue weighted by Gasteiger charge is 2.12. The molecule has 1 N–H and O–H groups in total. The van der Waals surface area contributed by atoms with E-state index in [2.05, 4.69) is 46.4 Å². The summed E-state index contributed by atoms with van der Waals surface area (Å²) in [7, 11) is 0. The van der Waals surface area contributed by atoms with Crippen LogP contribution in [-0.2, 0) is 0 Å². The van der Waals surface area contributed by atoms with Gasteiger partial charge in [-0.3, -0.25) is 0 Å². The Balaban J connectivity index is 2.04. The second-order valence-corrected chi connectivity index (χ2v) is 5.60. The largest absolute Gasteiger partial charge is 0.382 e. The van der Waals surface area contributed by atoms with Crippen LogP contribution in [0.1, 0.15) is 44.1 Å². The first kappa shape index (κ1) is 12.0. The Bertz CT molecular complexity index is 341. The molecule has 0 radical (unpaired) electrons. The molecule has 2 heteroatoms. The van der Waals surface area contributed by atoms with Crippen LogP contribution in [0, 0.1) is 6.92 Å². The molecule has 1 fully saturated rings. The van der Waals surface area contributed by atoms with Gasteiger partial charge in [0, 0.05) is 16.2 Å². The zero-order valence-corrected chi connectivity index (χ0v) is 11.5. The minimum atomic E-state index is 0.676. The quantitative estimate of drug-likeness (QED) is 0.761. The number of halogens is 1. The molecule has 1 saturated carbocycles. The molecule has 0 bridgehead atoms. The van der Waals surface area contributed by atoms with Gasteiger partial charge in [-0.25, -0.2) is 0 Å².